The van der Waals surface area contributed by atoms with Crippen LogP contribution in [0.3, 0.4) is 0 Å². The first-order valence-corrected chi connectivity index (χ1v) is 7.93. The SMILES string of the molecule is O=C1CCCN(Cc2ccc(I)cc2)c2ccccc21. The summed E-state index contributed by atoms with van der Waals surface area (Å²) < 4.78 is 1.25. The number of ketones is 1. The van der Waals surface area contributed by atoms with Gasteiger partial charge < -0.3 is 4.90 Å². The van der Waals surface area contributed by atoms with Crippen LogP contribution in [0.2, 0.25) is 0 Å². The van der Waals surface area contributed by atoms with Gasteiger partial charge in [0.25, 0.3) is 0 Å². The summed E-state index contributed by atoms with van der Waals surface area (Å²) in [6, 6.07) is 16.6. The van der Waals surface area contributed by atoms with Crippen LogP contribution < -0.4 is 4.90 Å². The van der Waals surface area contributed by atoms with E-state index < -0.39 is 0 Å². The molecule has 1 heterocycles. The maximum Gasteiger partial charge on any atom is 0.165 e. The van der Waals surface area contributed by atoms with Crippen LogP contribution in [0.25, 0.3) is 0 Å². The number of Topliss-reactive ketones (excluding diaryl/α,β-unsaturated/α-hetero) is 1. The molecule has 0 atom stereocenters. The molecule has 0 fully saturated rings. The summed E-state index contributed by atoms with van der Waals surface area (Å²) in [4.78, 5) is 14.4. The van der Waals surface area contributed by atoms with Crippen molar-refractivity contribution in [2.45, 2.75) is 19.4 Å². The van der Waals surface area contributed by atoms with E-state index in [0.717, 1.165) is 30.8 Å². The monoisotopic (exact) mass is 377 g/mol. The van der Waals surface area contributed by atoms with E-state index in [4.69, 9.17) is 0 Å². The van der Waals surface area contributed by atoms with E-state index >= 15 is 0 Å². The summed E-state index contributed by atoms with van der Waals surface area (Å²) in [5.41, 5.74) is 3.23. The molecular weight excluding hydrogens is 361 g/mol. The molecule has 3 heteroatoms. The quantitative estimate of drug-likeness (QED) is 0.729. The Bertz CT molecular complexity index is 621. The molecule has 0 bridgehead atoms. The van der Waals surface area contributed by atoms with Crippen molar-refractivity contribution >= 4 is 34.1 Å². The molecule has 0 aromatic heterocycles. The van der Waals surface area contributed by atoms with Gasteiger partial charge in [-0.1, -0.05) is 24.3 Å². The van der Waals surface area contributed by atoms with E-state index in [0.29, 0.717) is 6.42 Å². The Balaban J connectivity index is 1.91. The Labute approximate surface area is 132 Å². The van der Waals surface area contributed by atoms with Crippen molar-refractivity contribution in [1.82, 2.24) is 0 Å². The first kappa shape index (κ1) is 13.6. The molecule has 0 N–H and O–H groups in total. The fourth-order valence-corrected chi connectivity index (χ4v) is 3.00. The van der Waals surface area contributed by atoms with Crippen molar-refractivity contribution in [3.05, 3.63) is 63.2 Å². The lowest BCUT2D eigenvalue weighted by Gasteiger charge is -2.24. The Hall–Kier alpha value is -1.36. The highest BCUT2D eigenvalue weighted by Crippen LogP contribution is 2.27. The molecule has 1 aliphatic rings. The van der Waals surface area contributed by atoms with E-state index in [1.165, 1.54) is 9.13 Å². The Morgan fingerprint density at radius 3 is 2.60 bits per heavy atom. The summed E-state index contributed by atoms with van der Waals surface area (Å²) in [6.45, 7) is 1.80. The second-order valence-corrected chi connectivity index (χ2v) is 6.34. The molecule has 0 amide bonds. The average molecular weight is 377 g/mol. The van der Waals surface area contributed by atoms with Gasteiger partial charge >= 0.3 is 0 Å². The second-order valence-electron chi connectivity index (χ2n) is 5.09. The average Bonchev–Trinajstić information content (AvgIpc) is 2.62. The predicted molar refractivity (Wildman–Crippen MR) is 90.2 cm³/mol. The molecule has 2 nitrogen and oxygen atoms in total. The zero-order valence-electron chi connectivity index (χ0n) is 11.2. The van der Waals surface area contributed by atoms with Crippen molar-refractivity contribution < 1.29 is 4.79 Å². The largest absolute Gasteiger partial charge is 0.367 e. The van der Waals surface area contributed by atoms with Gasteiger partial charge in [-0.2, -0.15) is 0 Å². The number of anilines is 1. The number of fused-ring (bicyclic) bond motifs is 1. The number of carbonyl (C=O) groups is 1. The number of hydrogen-bond acceptors (Lipinski definition) is 2. The number of nitrogens with zero attached hydrogens (tertiary/aromatic N) is 1. The van der Waals surface area contributed by atoms with Crippen LogP contribution in [0.4, 0.5) is 5.69 Å². The van der Waals surface area contributed by atoms with Gasteiger partial charge in [0.1, 0.15) is 0 Å². The fraction of sp³-hybridized carbons (Fsp3) is 0.235. The number of rotatable bonds is 2. The van der Waals surface area contributed by atoms with Crippen molar-refractivity contribution in [2.24, 2.45) is 0 Å². The normalized spacial score (nSPS) is 14.8. The first-order valence-electron chi connectivity index (χ1n) is 6.85. The van der Waals surface area contributed by atoms with Crippen molar-refractivity contribution in [1.29, 1.82) is 0 Å². The van der Waals surface area contributed by atoms with Gasteiger partial charge in [-0.05, 0) is 58.8 Å². The zero-order valence-corrected chi connectivity index (χ0v) is 13.3. The van der Waals surface area contributed by atoms with E-state index in [1.54, 1.807) is 0 Å². The lowest BCUT2D eigenvalue weighted by Crippen LogP contribution is -2.23. The summed E-state index contributed by atoms with van der Waals surface area (Å²) in [5.74, 6) is 0.269. The Morgan fingerprint density at radius 2 is 1.80 bits per heavy atom. The molecule has 0 radical (unpaired) electrons. The fourth-order valence-electron chi connectivity index (χ4n) is 2.65. The minimum atomic E-state index is 0.269. The van der Waals surface area contributed by atoms with E-state index in [-0.39, 0.29) is 5.78 Å². The highest BCUT2D eigenvalue weighted by Gasteiger charge is 2.20. The number of benzene rings is 2. The lowest BCUT2D eigenvalue weighted by atomic mass is 10.1. The van der Waals surface area contributed by atoms with Gasteiger partial charge in [-0.25, -0.2) is 0 Å². The van der Waals surface area contributed by atoms with Gasteiger partial charge in [0.15, 0.2) is 5.78 Å². The third-order valence-corrected chi connectivity index (χ3v) is 4.38. The number of para-hydroxylation sites is 1. The van der Waals surface area contributed by atoms with Gasteiger partial charge in [-0.3, -0.25) is 4.79 Å². The smallest absolute Gasteiger partial charge is 0.165 e. The topological polar surface area (TPSA) is 20.3 Å². The molecule has 2 aromatic rings. The third kappa shape index (κ3) is 2.87. The van der Waals surface area contributed by atoms with Crippen molar-refractivity contribution in [3.8, 4) is 0 Å². The van der Waals surface area contributed by atoms with Crippen LogP contribution in [0, 0.1) is 3.57 Å². The van der Waals surface area contributed by atoms with Crippen LogP contribution in [-0.4, -0.2) is 12.3 Å². The molecule has 0 spiro atoms. The second kappa shape index (κ2) is 5.95. The Kier molecular flexibility index (Phi) is 4.05. The van der Waals surface area contributed by atoms with Crippen molar-refractivity contribution in [3.63, 3.8) is 0 Å². The highest BCUT2D eigenvalue weighted by molar-refractivity contribution is 14.1. The molecule has 102 valence electrons. The maximum atomic E-state index is 12.1. The molecule has 2 aromatic carbocycles. The molecule has 0 unspecified atom stereocenters. The lowest BCUT2D eigenvalue weighted by molar-refractivity contribution is 0.0984. The molecule has 1 aliphatic heterocycles. The zero-order chi connectivity index (χ0) is 13.9. The minimum Gasteiger partial charge on any atom is -0.367 e. The maximum absolute atomic E-state index is 12.1. The highest BCUT2D eigenvalue weighted by atomic mass is 127. The van der Waals surface area contributed by atoms with Crippen LogP contribution in [0.5, 0.6) is 0 Å². The van der Waals surface area contributed by atoms with Crippen LogP contribution in [0.15, 0.2) is 48.5 Å². The molecule has 20 heavy (non-hydrogen) atoms. The molecular formula is C17H16INO. The van der Waals surface area contributed by atoms with Crippen LogP contribution in [0.1, 0.15) is 28.8 Å². The van der Waals surface area contributed by atoms with Crippen LogP contribution in [-0.2, 0) is 6.54 Å². The molecule has 0 aliphatic carbocycles. The van der Waals surface area contributed by atoms with Gasteiger partial charge in [0.05, 0.1) is 0 Å². The van der Waals surface area contributed by atoms with E-state index in [2.05, 4.69) is 57.8 Å². The summed E-state index contributed by atoms with van der Waals surface area (Å²) >= 11 is 2.32. The van der Waals surface area contributed by atoms with E-state index in [9.17, 15) is 4.79 Å². The Morgan fingerprint density at radius 1 is 1.05 bits per heavy atom. The van der Waals surface area contributed by atoms with Gasteiger partial charge in [0, 0.05) is 34.3 Å². The number of halogens is 1. The predicted octanol–water partition coefficient (Wildman–Crippen LogP) is 4.27. The molecule has 0 saturated carbocycles. The van der Waals surface area contributed by atoms with Gasteiger partial charge in [0.2, 0.25) is 0 Å². The third-order valence-electron chi connectivity index (χ3n) is 3.66. The molecule has 0 saturated heterocycles. The van der Waals surface area contributed by atoms with E-state index in [1.807, 2.05) is 18.2 Å². The van der Waals surface area contributed by atoms with Crippen molar-refractivity contribution in [2.75, 3.05) is 11.4 Å². The summed E-state index contributed by atoms with van der Waals surface area (Å²) in [6.07, 6.45) is 1.58. The number of hydrogen-bond donors (Lipinski definition) is 0. The number of carbonyl (C=O) groups excluding carboxylic acids is 1. The van der Waals surface area contributed by atoms with Gasteiger partial charge in [-0.15, -0.1) is 0 Å². The first-order chi connectivity index (χ1) is 9.74. The molecule has 3 rings (SSSR count). The summed E-state index contributed by atoms with van der Waals surface area (Å²) in [7, 11) is 0. The minimum absolute atomic E-state index is 0.269. The van der Waals surface area contributed by atoms with Crippen LogP contribution >= 0.6 is 22.6 Å². The standard InChI is InChI=1S/C17H16INO/c18-14-9-7-13(8-10-14)12-19-11-3-6-17(20)15-4-1-2-5-16(15)19/h1-2,4-5,7-10H,3,6,11-12H2. The summed E-state index contributed by atoms with van der Waals surface area (Å²) in [5, 5.41) is 0.